The second-order valence-corrected chi connectivity index (χ2v) is 5.88. The minimum Gasteiger partial charge on any atom is -0.506 e. The van der Waals surface area contributed by atoms with Crippen LogP contribution in [0.25, 0.3) is 0 Å². The molecule has 0 aliphatic rings. The third-order valence-corrected chi connectivity index (χ3v) is 3.98. The number of aryl methyl sites for hydroxylation is 2. The van der Waals surface area contributed by atoms with Gasteiger partial charge in [-0.05, 0) is 47.7 Å². The average Bonchev–Trinajstić information content (AvgIpc) is 2.71. The van der Waals surface area contributed by atoms with Crippen molar-refractivity contribution in [3.05, 3.63) is 38.7 Å². The van der Waals surface area contributed by atoms with Gasteiger partial charge in [0.2, 0.25) is 5.91 Å². The number of benzene rings is 1. The highest BCUT2D eigenvalue weighted by Crippen LogP contribution is 2.26. The molecule has 0 unspecified atom stereocenters. The first-order valence-electron chi connectivity index (χ1n) is 5.93. The van der Waals surface area contributed by atoms with Crippen molar-refractivity contribution in [2.24, 2.45) is 0 Å². The van der Waals surface area contributed by atoms with E-state index in [1.165, 1.54) is 12.1 Å². The summed E-state index contributed by atoms with van der Waals surface area (Å²) in [5, 5.41) is 17.0. The predicted molar refractivity (Wildman–Crippen MR) is 86.0 cm³/mol. The Bertz CT molecular complexity index is 623. The van der Waals surface area contributed by atoms with Crippen LogP contribution in [0.5, 0.6) is 5.75 Å². The summed E-state index contributed by atoms with van der Waals surface area (Å²) in [7, 11) is 0. The standard InChI is InChI=1S/C13H13ClIN3O2/c1-8-10(15)7-18(17-8)5-4-13(20)16-11-6-9(14)2-3-12(11)19/h2-3,6-7,19H,4-5H2,1H3,(H,16,20). The highest BCUT2D eigenvalue weighted by Gasteiger charge is 2.08. The Balaban J connectivity index is 1.94. The number of phenolic OH excluding ortho intramolecular Hbond substituents is 1. The molecule has 2 N–H and O–H groups in total. The number of rotatable bonds is 4. The second kappa shape index (κ2) is 6.45. The quantitative estimate of drug-likeness (QED) is 0.606. The van der Waals surface area contributed by atoms with E-state index in [9.17, 15) is 9.90 Å². The van der Waals surface area contributed by atoms with E-state index in [1.54, 1.807) is 10.7 Å². The first kappa shape index (κ1) is 15.1. The lowest BCUT2D eigenvalue weighted by atomic mass is 10.3. The van der Waals surface area contributed by atoms with Crippen LogP contribution in [0.3, 0.4) is 0 Å². The molecule has 0 bridgehead atoms. The number of amides is 1. The van der Waals surface area contributed by atoms with Gasteiger partial charge in [0, 0.05) is 24.2 Å². The zero-order chi connectivity index (χ0) is 14.7. The van der Waals surface area contributed by atoms with Gasteiger partial charge in [0.05, 0.1) is 15.0 Å². The van der Waals surface area contributed by atoms with E-state index in [-0.39, 0.29) is 18.1 Å². The number of hydrogen-bond acceptors (Lipinski definition) is 3. The van der Waals surface area contributed by atoms with Crippen molar-refractivity contribution in [2.75, 3.05) is 5.32 Å². The monoisotopic (exact) mass is 405 g/mol. The number of carbonyl (C=O) groups excluding carboxylic acids is 1. The Hall–Kier alpha value is -1.28. The maximum absolute atomic E-state index is 11.8. The Morgan fingerprint density at radius 3 is 2.95 bits per heavy atom. The van der Waals surface area contributed by atoms with Crippen LogP contribution in [0.1, 0.15) is 12.1 Å². The second-order valence-electron chi connectivity index (χ2n) is 4.29. The molecule has 5 nitrogen and oxygen atoms in total. The molecule has 0 fully saturated rings. The molecule has 0 saturated heterocycles. The van der Waals surface area contributed by atoms with Crippen LogP contribution in [-0.2, 0) is 11.3 Å². The number of hydrogen-bond donors (Lipinski definition) is 2. The summed E-state index contributed by atoms with van der Waals surface area (Å²) in [6.07, 6.45) is 2.16. The maximum atomic E-state index is 11.8. The van der Waals surface area contributed by atoms with Crippen LogP contribution in [0.4, 0.5) is 5.69 Å². The first-order chi connectivity index (χ1) is 9.45. The topological polar surface area (TPSA) is 67.2 Å². The van der Waals surface area contributed by atoms with Crippen molar-refractivity contribution < 1.29 is 9.90 Å². The number of aromatic hydroxyl groups is 1. The first-order valence-corrected chi connectivity index (χ1v) is 7.39. The molecule has 20 heavy (non-hydrogen) atoms. The van der Waals surface area contributed by atoms with Crippen molar-refractivity contribution >= 4 is 45.8 Å². The molecule has 0 radical (unpaired) electrons. The molecule has 0 spiro atoms. The fourth-order valence-corrected chi connectivity index (χ4v) is 2.25. The van der Waals surface area contributed by atoms with E-state index in [4.69, 9.17) is 11.6 Å². The number of carbonyl (C=O) groups is 1. The average molecular weight is 406 g/mol. The molecule has 1 aromatic heterocycles. The third kappa shape index (κ3) is 3.86. The molecule has 1 amide bonds. The summed E-state index contributed by atoms with van der Waals surface area (Å²) in [5.41, 5.74) is 1.26. The molecule has 0 atom stereocenters. The third-order valence-electron chi connectivity index (χ3n) is 2.69. The summed E-state index contributed by atoms with van der Waals surface area (Å²) >= 11 is 8.01. The van der Waals surface area contributed by atoms with Crippen molar-refractivity contribution in [2.45, 2.75) is 19.9 Å². The molecule has 0 aliphatic carbocycles. The summed E-state index contributed by atoms with van der Waals surface area (Å²) < 4.78 is 2.80. The van der Waals surface area contributed by atoms with Crippen LogP contribution in [0.2, 0.25) is 5.02 Å². The number of phenols is 1. The minimum atomic E-state index is -0.203. The predicted octanol–water partition coefficient (Wildman–Crippen LogP) is 3.18. The van der Waals surface area contributed by atoms with Crippen molar-refractivity contribution in [1.82, 2.24) is 9.78 Å². The fourth-order valence-electron chi connectivity index (χ4n) is 1.65. The van der Waals surface area contributed by atoms with Gasteiger partial charge in [-0.2, -0.15) is 5.10 Å². The molecule has 7 heteroatoms. The van der Waals surface area contributed by atoms with Gasteiger partial charge in [0.25, 0.3) is 0 Å². The van der Waals surface area contributed by atoms with Crippen LogP contribution < -0.4 is 5.32 Å². The zero-order valence-electron chi connectivity index (χ0n) is 10.7. The Kier molecular flexibility index (Phi) is 4.87. The Morgan fingerprint density at radius 1 is 1.55 bits per heavy atom. The number of aromatic nitrogens is 2. The molecular weight excluding hydrogens is 393 g/mol. The summed E-state index contributed by atoms with van der Waals surface area (Å²) in [4.78, 5) is 11.8. The lowest BCUT2D eigenvalue weighted by Gasteiger charge is -2.07. The van der Waals surface area contributed by atoms with Crippen molar-refractivity contribution in [3.8, 4) is 5.75 Å². The van der Waals surface area contributed by atoms with Gasteiger partial charge in [-0.25, -0.2) is 0 Å². The molecule has 2 rings (SSSR count). The molecule has 0 saturated carbocycles. The van der Waals surface area contributed by atoms with Gasteiger partial charge in [0.15, 0.2) is 0 Å². The number of nitrogens with zero attached hydrogens (tertiary/aromatic N) is 2. The molecule has 106 valence electrons. The smallest absolute Gasteiger partial charge is 0.226 e. The molecular formula is C13H13ClIN3O2. The van der Waals surface area contributed by atoms with Crippen molar-refractivity contribution in [1.29, 1.82) is 0 Å². The molecule has 1 aromatic carbocycles. The SMILES string of the molecule is Cc1nn(CCC(=O)Nc2cc(Cl)ccc2O)cc1I. The van der Waals surface area contributed by atoms with E-state index in [0.717, 1.165) is 9.26 Å². The van der Waals surface area contributed by atoms with Gasteiger partial charge in [-0.15, -0.1) is 0 Å². The van der Waals surface area contributed by atoms with E-state index >= 15 is 0 Å². The van der Waals surface area contributed by atoms with E-state index < -0.39 is 0 Å². The lowest BCUT2D eigenvalue weighted by molar-refractivity contribution is -0.116. The van der Waals surface area contributed by atoms with Crippen LogP contribution in [0.15, 0.2) is 24.4 Å². The summed E-state index contributed by atoms with van der Waals surface area (Å²) in [6, 6.07) is 4.51. The Morgan fingerprint density at radius 2 is 2.30 bits per heavy atom. The number of halogens is 2. The molecule has 0 aliphatic heterocycles. The summed E-state index contributed by atoms with van der Waals surface area (Å²) in [5.74, 6) is -0.210. The van der Waals surface area contributed by atoms with E-state index in [1.807, 2.05) is 13.1 Å². The van der Waals surface area contributed by atoms with Gasteiger partial charge in [-0.1, -0.05) is 11.6 Å². The highest BCUT2D eigenvalue weighted by molar-refractivity contribution is 14.1. The number of nitrogens with one attached hydrogen (secondary N) is 1. The van der Waals surface area contributed by atoms with Crippen LogP contribution >= 0.6 is 34.2 Å². The fraction of sp³-hybridized carbons (Fsp3) is 0.231. The van der Waals surface area contributed by atoms with Gasteiger partial charge < -0.3 is 10.4 Å². The van der Waals surface area contributed by atoms with E-state index in [2.05, 4.69) is 33.0 Å². The largest absolute Gasteiger partial charge is 0.506 e. The highest BCUT2D eigenvalue weighted by atomic mass is 127. The number of anilines is 1. The van der Waals surface area contributed by atoms with Crippen molar-refractivity contribution in [3.63, 3.8) is 0 Å². The van der Waals surface area contributed by atoms with Crippen LogP contribution in [0, 0.1) is 10.5 Å². The molecule has 2 aromatic rings. The zero-order valence-corrected chi connectivity index (χ0v) is 13.6. The summed E-state index contributed by atoms with van der Waals surface area (Å²) in [6.45, 7) is 2.40. The molecule has 1 heterocycles. The van der Waals surface area contributed by atoms with Gasteiger partial charge >= 0.3 is 0 Å². The van der Waals surface area contributed by atoms with Crippen LogP contribution in [-0.4, -0.2) is 20.8 Å². The normalized spacial score (nSPS) is 10.6. The maximum Gasteiger partial charge on any atom is 0.226 e. The lowest BCUT2D eigenvalue weighted by Crippen LogP contribution is -2.14. The van der Waals surface area contributed by atoms with Gasteiger partial charge in [0.1, 0.15) is 5.75 Å². The van der Waals surface area contributed by atoms with Gasteiger partial charge in [-0.3, -0.25) is 9.48 Å². The minimum absolute atomic E-state index is 0.00719. The Labute approximate surface area is 135 Å². The van der Waals surface area contributed by atoms with E-state index in [0.29, 0.717) is 17.3 Å².